The van der Waals surface area contributed by atoms with Gasteiger partial charge in [0.1, 0.15) is 0 Å². The van der Waals surface area contributed by atoms with Crippen LogP contribution in [0.1, 0.15) is 61.1 Å². The summed E-state index contributed by atoms with van der Waals surface area (Å²) < 4.78 is 0. The summed E-state index contributed by atoms with van der Waals surface area (Å²) in [5.74, 6) is 1.40. The summed E-state index contributed by atoms with van der Waals surface area (Å²) in [5.41, 5.74) is 13.6. The Morgan fingerprint density at radius 2 is 0.875 bits per heavy atom. The summed E-state index contributed by atoms with van der Waals surface area (Å²) in [5, 5.41) is 5.50. The fraction of sp³-hybridized carbons (Fsp3) is 0.318. The Morgan fingerprint density at radius 3 is 1.17 bits per heavy atom. The van der Waals surface area contributed by atoms with E-state index in [0.29, 0.717) is 11.8 Å². The van der Waals surface area contributed by atoms with E-state index in [-0.39, 0.29) is 0 Å². The third kappa shape index (κ3) is 12.0. The first-order valence-electron chi connectivity index (χ1n) is 17.0. The van der Waals surface area contributed by atoms with Crippen LogP contribution in [-0.4, -0.2) is 9.52 Å². The van der Waals surface area contributed by atoms with Crippen LogP contribution >= 0.6 is 17.0 Å². The van der Waals surface area contributed by atoms with Crippen LogP contribution in [-0.2, 0) is 33.7 Å². The SMILES string of the molecule is C[Si]C.Cc1cc(C)cc(-c2cccc3[cH-]c(CC(C)C)cc23)c1.Cc1cc(C)cc(-c2cccc3[cH-]c(CC(C)C)cc23)c1.[Cl][Zr+2][Cl]. The van der Waals surface area contributed by atoms with Gasteiger partial charge in [-0.15, -0.1) is 69.1 Å². The van der Waals surface area contributed by atoms with Gasteiger partial charge in [-0.1, -0.05) is 123 Å². The van der Waals surface area contributed by atoms with Gasteiger partial charge in [0.05, 0.1) is 0 Å². The number of hydrogen-bond acceptors (Lipinski definition) is 0. The van der Waals surface area contributed by atoms with Gasteiger partial charge in [-0.2, -0.15) is 12.1 Å². The average molecular weight is 771 g/mol. The van der Waals surface area contributed by atoms with Crippen LogP contribution in [0, 0.1) is 39.5 Å². The van der Waals surface area contributed by atoms with Crippen molar-refractivity contribution in [1.29, 1.82) is 0 Å². The van der Waals surface area contributed by atoms with Crippen molar-refractivity contribution in [3.8, 4) is 22.3 Å². The molecule has 0 bridgehead atoms. The van der Waals surface area contributed by atoms with Gasteiger partial charge in [-0.05, 0) is 63.5 Å². The summed E-state index contributed by atoms with van der Waals surface area (Å²) in [7, 11) is 11.0. The molecule has 0 aromatic heterocycles. The van der Waals surface area contributed by atoms with Crippen molar-refractivity contribution in [2.75, 3.05) is 0 Å². The molecule has 0 nitrogen and oxygen atoms in total. The minimum absolute atomic E-state index is 0.700. The van der Waals surface area contributed by atoms with Crippen molar-refractivity contribution in [1.82, 2.24) is 0 Å². The first kappa shape index (κ1) is 40.2. The van der Waals surface area contributed by atoms with Crippen LogP contribution in [0.4, 0.5) is 0 Å². The molecular formula is C44H52Cl2SiZr. The van der Waals surface area contributed by atoms with Crippen LogP contribution < -0.4 is 0 Å². The molecule has 0 saturated heterocycles. The van der Waals surface area contributed by atoms with Gasteiger partial charge in [-0.3, -0.25) is 0 Å². The molecular weight excluding hydrogens is 719 g/mol. The van der Waals surface area contributed by atoms with Crippen LogP contribution in [0.15, 0.2) is 97.1 Å². The Hall–Kier alpha value is -2.22. The van der Waals surface area contributed by atoms with E-state index < -0.39 is 20.8 Å². The van der Waals surface area contributed by atoms with Gasteiger partial charge >= 0.3 is 37.9 Å². The van der Waals surface area contributed by atoms with Crippen molar-refractivity contribution in [3.63, 3.8) is 0 Å². The molecule has 0 fully saturated rings. The standard InChI is InChI=1S/2C21H23.C2H6Si.2ClH.Zr/c2*1-14(2)8-17-12-18-6-5-7-20(21(18)13-17)19-10-15(3)9-16(4)11-19;1-3-2;;;/h2*5-7,9-14H,8H2,1-4H3;1-2H3;2*1H;/q2*-1;;;;+4/p-2. The molecule has 6 aromatic rings. The molecule has 0 N–H and O–H groups in total. The van der Waals surface area contributed by atoms with Gasteiger partial charge in [0.25, 0.3) is 0 Å². The molecule has 6 rings (SSSR count). The van der Waals surface area contributed by atoms with Crippen LogP contribution in [0.5, 0.6) is 0 Å². The van der Waals surface area contributed by atoms with E-state index in [2.05, 4.69) is 166 Å². The molecule has 4 heteroatoms. The normalized spacial score (nSPS) is 10.6. The monoisotopic (exact) mass is 768 g/mol. The van der Waals surface area contributed by atoms with E-state index in [9.17, 15) is 0 Å². The third-order valence-electron chi connectivity index (χ3n) is 7.97. The molecule has 0 atom stereocenters. The number of fused-ring (bicyclic) bond motifs is 2. The van der Waals surface area contributed by atoms with Crippen molar-refractivity contribution in [2.24, 2.45) is 11.8 Å². The molecule has 0 aliphatic rings. The van der Waals surface area contributed by atoms with Gasteiger partial charge in [-0.25, -0.2) is 0 Å². The average Bonchev–Trinajstić information content (AvgIpc) is 3.59. The molecule has 0 unspecified atom stereocenters. The summed E-state index contributed by atoms with van der Waals surface area (Å²) >= 11 is -0.826. The van der Waals surface area contributed by atoms with E-state index in [4.69, 9.17) is 17.0 Å². The second kappa shape index (κ2) is 19.8. The molecule has 0 aliphatic carbocycles. The van der Waals surface area contributed by atoms with Gasteiger partial charge < -0.3 is 0 Å². The number of benzene rings is 4. The molecule has 0 amide bonds. The summed E-state index contributed by atoms with van der Waals surface area (Å²) in [4.78, 5) is 0. The predicted octanol–water partition coefficient (Wildman–Crippen LogP) is 14.2. The molecule has 0 heterocycles. The van der Waals surface area contributed by atoms with Crippen molar-refractivity contribution in [2.45, 2.75) is 81.3 Å². The van der Waals surface area contributed by atoms with Crippen molar-refractivity contribution < 1.29 is 20.8 Å². The maximum absolute atomic E-state index is 4.93. The second-order valence-corrected chi connectivity index (χ2v) is 18.6. The fourth-order valence-corrected chi connectivity index (χ4v) is 6.54. The molecule has 0 spiro atoms. The molecule has 48 heavy (non-hydrogen) atoms. The maximum atomic E-state index is 4.93. The van der Waals surface area contributed by atoms with E-state index in [1.54, 1.807) is 0 Å². The minimum atomic E-state index is -0.826. The zero-order chi connectivity index (χ0) is 35.4. The van der Waals surface area contributed by atoms with Gasteiger partial charge in [0.2, 0.25) is 0 Å². The van der Waals surface area contributed by atoms with E-state index in [1.807, 2.05) is 0 Å². The molecule has 250 valence electrons. The Morgan fingerprint density at radius 1 is 0.562 bits per heavy atom. The Kier molecular flexibility index (Phi) is 16.6. The molecule has 0 aliphatic heterocycles. The van der Waals surface area contributed by atoms with E-state index >= 15 is 0 Å². The first-order valence-corrected chi connectivity index (χ1v) is 25.3. The molecule has 0 saturated carbocycles. The summed E-state index contributed by atoms with van der Waals surface area (Å²) in [6, 6.07) is 36.4. The Bertz CT molecular complexity index is 1700. The Balaban J connectivity index is 0.000000224. The van der Waals surface area contributed by atoms with Gasteiger partial charge in [0.15, 0.2) is 0 Å². The Labute approximate surface area is 312 Å². The quantitative estimate of drug-likeness (QED) is 0.117. The molecule has 6 aromatic carbocycles. The van der Waals surface area contributed by atoms with E-state index in [0.717, 1.165) is 22.4 Å². The zero-order valence-electron chi connectivity index (χ0n) is 30.6. The predicted molar refractivity (Wildman–Crippen MR) is 215 cm³/mol. The summed E-state index contributed by atoms with van der Waals surface area (Å²) in [6.07, 6.45) is 2.31. The number of hydrogen-bond donors (Lipinski definition) is 0. The van der Waals surface area contributed by atoms with Gasteiger partial charge in [0, 0.05) is 9.52 Å². The first-order chi connectivity index (χ1) is 22.9. The van der Waals surface area contributed by atoms with Crippen LogP contribution in [0.25, 0.3) is 43.8 Å². The molecule has 2 radical (unpaired) electrons. The second-order valence-electron chi connectivity index (χ2n) is 13.9. The number of aryl methyl sites for hydroxylation is 4. The van der Waals surface area contributed by atoms with Crippen molar-refractivity contribution >= 4 is 48.1 Å². The zero-order valence-corrected chi connectivity index (χ0v) is 35.5. The topological polar surface area (TPSA) is 0 Å². The third-order valence-corrected chi connectivity index (χ3v) is 7.97. The van der Waals surface area contributed by atoms with E-state index in [1.165, 1.54) is 77.2 Å². The number of rotatable bonds is 6. The fourth-order valence-electron chi connectivity index (χ4n) is 6.54. The van der Waals surface area contributed by atoms with Crippen molar-refractivity contribution in [3.05, 3.63) is 130 Å². The van der Waals surface area contributed by atoms with Crippen LogP contribution in [0.3, 0.4) is 0 Å². The summed E-state index contributed by atoms with van der Waals surface area (Å²) in [6.45, 7) is 22.1. The number of halogens is 2. The van der Waals surface area contributed by atoms with Crippen LogP contribution in [0.2, 0.25) is 13.1 Å².